The van der Waals surface area contributed by atoms with Gasteiger partial charge in [0.25, 0.3) is 0 Å². The predicted molar refractivity (Wildman–Crippen MR) is 127 cm³/mol. The summed E-state index contributed by atoms with van der Waals surface area (Å²) in [6.45, 7) is 3.55. The molecule has 0 atom stereocenters. The Bertz CT molecular complexity index is 1580. The summed E-state index contributed by atoms with van der Waals surface area (Å²) < 4.78 is 104. The van der Waals surface area contributed by atoms with Crippen LogP contribution in [-0.2, 0) is 0 Å². The molecule has 5 aromatic rings. The number of rotatable bonds is 2. The van der Waals surface area contributed by atoms with E-state index in [4.69, 9.17) is 7.85 Å². The maximum Gasteiger partial charge on any atom is 0.198 e. The second-order valence-electron chi connectivity index (χ2n) is 8.59. The number of hydrogen-bond donors (Lipinski definition) is 0. The molecule has 178 valence electrons. The zero-order valence-electron chi connectivity index (χ0n) is 18.8. The molecule has 2 radical (unpaired) electrons. The Labute approximate surface area is 202 Å². The predicted octanol–water partition coefficient (Wildman–Crippen LogP) is 7.71. The van der Waals surface area contributed by atoms with Gasteiger partial charge in [-0.05, 0) is 35.9 Å². The zero-order chi connectivity index (χ0) is 26.0. The third-order valence-electron chi connectivity index (χ3n) is 6.31. The topological polar surface area (TPSA) is 0 Å². The molecule has 36 heavy (non-hydrogen) atoms. The lowest BCUT2D eigenvalue weighted by molar-refractivity contribution is 0.418. The van der Waals surface area contributed by atoms with Crippen molar-refractivity contribution in [3.63, 3.8) is 0 Å². The lowest BCUT2D eigenvalue weighted by Crippen LogP contribution is -2.17. The first-order chi connectivity index (χ1) is 17.0. The third kappa shape index (κ3) is 3.31. The van der Waals surface area contributed by atoms with Gasteiger partial charge in [-0.3, -0.25) is 0 Å². The molecule has 0 aliphatic heterocycles. The first-order valence-corrected chi connectivity index (χ1v) is 10.8. The minimum Gasteiger partial charge on any atom is -0.204 e. The number of fused-ring (bicyclic) bond motifs is 3. The zero-order valence-corrected chi connectivity index (χ0v) is 18.8. The first-order valence-electron chi connectivity index (χ1n) is 10.8. The van der Waals surface area contributed by atoms with Gasteiger partial charge in [0, 0.05) is 21.7 Å². The molecule has 0 saturated heterocycles. The second-order valence-corrected chi connectivity index (χ2v) is 8.59. The normalized spacial score (nSPS) is 11.6. The van der Waals surface area contributed by atoms with E-state index in [9.17, 15) is 17.6 Å². The van der Waals surface area contributed by atoms with Gasteiger partial charge in [-0.2, -0.15) is 0 Å². The third-order valence-corrected chi connectivity index (χ3v) is 6.31. The second kappa shape index (κ2) is 8.40. The quantitative estimate of drug-likeness (QED) is 0.0776. The SMILES string of the molecule is [B]c1c(F)c(F)c(F)c2c1c(-c1ccc(C)cc1)c(-c1ccc(C)cc1)c1c(F)c(F)c(F)c(F)c12. The van der Waals surface area contributed by atoms with E-state index in [2.05, 4.69) is 0 Å². The molecule has 0 N–H and O–H groups in total. The van der Waals surface area contributed by atoms with Crippen molar-refractivity contribution >= 4 is 34.9 Å². The van der Waals surface area contributed by atoms with Crippen LogP contribution in [0.5, 0.6) is 0 Å². The maximum absolute atomic E-state index is 15.5. The highest BCUT2D eigenvalue weighted by molar-refractivity contribution is 6.43. The van der Waals surface area contributed by atoms with Gasteiger partial charge in [0.1, 0.15) is 7.85 Å². The number of halogens is 7. The van der Waals surface area contributed by atoms with E-state index in [1.54, 1.807) is 50.2 Å². The Morgan fingerprint density at radius 2 is 0.750 bits per heavy atom. The highest BCUT2D eigenvalue weighted by Crippen LogP contribution is 2.47. The molecule has 8 heteroatoms. The van der Waals surface area contributed by atoms with Gasteiger partial charge < -0.3 is 0 Å². The Balaban J connectivity index is 2.23. The molecule has 5 aromatic carbocycles. The van der Waals surface area contributed by atoms with Crippen molar-refractivity contribution in [2.75, 3.05) is 0 Å². The van der Waals surface area contributed by atoms with E-state index in [1.807, 2.05) is 0 Å². The number of aryl methyl sites for hydroxylation is 2. The monoisotopic (exact) mass is 494 g/mol. The molecule has 0 unspecified atom stereocenters. The van der Waals surface area contributed by atoms with E-state index >= 15 is 13.2 Å². The molecule has 0 bridgehead atoms. The molecular formula is C28H14BF7. The van der Waals surface area contributed by atoms with Crippen molar-refractivity contribution in [3.8, 4) is 22.3 Å². The highest BCUT2D eigenvalue weighted by atomic mass is 19.2. The summed E-state index contributed by atoms with van der Waals surface area (Å²) in [5.74, 6) is -13.8. The molecule has 0 saturated carbocycles. The smallest absolute Gasteiger partial charge is 0.198 e. The Kier molecular flexibility index (Phi) is 5.58. The lowest BCUT2D eigenvalue weighted by atomic mass is 9.78. The first kappa shape index (κ1) is 23.9. The van der Waals surface area contributed by atoms with Gasteiger partial charge in [-0.15, -0.1) is 0 Å². The summed E-state index contributed by atoms with van der Waals surface area (Å²) in [5.41, 5.74) is 0.890. The molecule has 0 aromatic heterocycles. The molecule has 0 fully saturated rings. The maximum atomic E-state index is 15.5. The van der Waals surface area contributed by atoms with Crippen LogP contribution in [0, 0.1) is 54.6 Å². The largest absolute Gasteiger partial charge is 0.204 e. The molecule has 0 heterocycles. The van der Waals surface area contributed by atoms with Crippen LogP contribution in [0.2, 0.25) is 0 Å². The molecule has 0 aliphatic rings. The fourth-order valence-corrected chi connectivity index (χ4v) is 4.54. The van der Waals surface area contributed by atoms with E-state index in [1.165, 1.54) is 12.1 Å². The number of benzene rings is 5. The van der Waals surface area contributed by atoms with E-state index in [0.717, 1.165) is 11.1 Å². The van der Waals surface area contributed by atoms with E-state index < -0.39 is 67.7 Å². The summed E-state index contributed by atoms with van der Waals surface area (Å²) in [4.78, 5) is 0. The molecule has 5 rings (SSSR count). The lowest BCUT2D eigenvalue weighted by Gasteiger charge is -2.22. The molecule has 0 aliphatic carbocycles. The van der Waals surface area contributed by atoms with Gasteiger partial charge in [0.2, 0.25) is 0 Å². The minimum absolute atomic E-state index is 0.0963. The molecule has 0 nitrogen and oxygen atoms in total. The van der Waals surface area contributed by atoms with Crippen LogP contribution in [0.25, 0.3) is 43.8 Å². The van der Waals surface area contributed by atoms with Crippen LogP contribution in [0.4, 0.5) is 30.7 Å². The van der Waals surface area contributed by atoms with Crippen LogP contribution in [0.15, 0.2) is 48.5 Å². The van der Waals surface area contributed by atoms with Gasteiger partial charge in [-0.1, -0.05) is 65.1 Å². The van der Waals surface area contributed by atoms with Crippen LogP contribution < -0.4 is 5.46 Å². The Morgan fingerprint density at radius 1 is 0.417 bits per heavy atom. The number of hydrogen-bond acceptors (Lipinski definition) is 0. The van der Waals surface area contributed by atoms with Crippen molar-refractivity contribution in [3.05, 3.63) is 100 Å². The molecule has 0 spiro atoms. The van der Waals surface area contributed by atoms with E-state index in [-0.39, 0.29) is 22.3 Å². The highest BCUT2D eigenvalue weighted by Gasteiger charge is 2.32. The van der Waals surface area contributed by atoms with Crippen LogP contribution in [0.3, 0.4) is 0 Å². The molecule has 0 amide bonds. The van der Waals surface area contributed by atoms with Crippen molar-refractivity contribution in [2.45, 2.75) is 13.8 Å². The van der Waals surface area contributed by atoms with Crippen LogP contribution in [-0.4, -0.2) is 7.85 Å². The van der Waals surface area contributed by atoms with E-state index in [0.29, 0.717) is 0 Å². The Hall–Kier alpha value is -3.81. The summed E-state index contributed by atoms with van der Waals surface area (Å²) in [6.07, 6.45) is 0. The fourth-order valence-electron chi connectivity index (χ4n) is 4.54. The average molecular weight is 494 g/mol. The van der Waals surface area contributed by atoms with Gasteiger partial charge in [0.05, 0.1) is 0 Å². The van der Waals surface area contributed by atoms with Crippen LogP contribution in [0.1, 0.15) is 11.1 Å². The summed E-state index contributed by atoms with van der Waals surface area (Å²) in [6, 6.07) is 12.7. The van der Waals surface area contributed by atoms with Crippen molar-refractivity contribution in [1.82, 2.24) is 0 Å². The molecular weight excluding hydrogens is 480 g/mol. The van der Waals surface area contributed by atoms with Crippen LogP contribution >= 0.6 is 0 Å². The Morgan fingerprint density at radius 3 is 1.19 bits per heavy atom. The van der Waals surface area contributed by atoms with Gasteiger partial charge in [-0.25, -0.2) is 30.7 Å². The van der Waals surface area contributed by atoms with Gasteiger partial charge in [0.15, 0.2) is 40.7 Å². The minimum atomic E-state index is -2.22. The van der Waals surface area contributed by atoms with Gasteiger partial charge >= 0.3 is 0 Å². The standard InChI is InChI=1S/C28H14BF7/c1-11-3-7-13(8-4-11)15-16(14-9-5-12(2)6-10-14)18-20(24(32)28(36)27(35)22(18)30)19-17(15)21(29)25(33)26(34)23(19)31/h3-10H,1-2H3. The summed E-state index contributed by atoms with van der Waals surface area (Å²) in [5, 5.41) is -3.41. The van der Waals surface area contributed by atoms with Crippen molar-refractivity contribution in [1.29, 1.82) is 0 Å². The van der Waals surface area contributed by atoms with Crippen molar-refractivity contribution in [2.24, 2.45) is 0 Å². The summed E-state index contributed by atoms with van der Waals surface area (Å²) >= 11 is 0. The summed E-state index contributed by atoms with van der Waals surface area (Å²) in [7, 11) is 5.91. The van der Waals surface area contributed by atoms with Crippen molar-refractivity contribution < 1.29 is 30.7 Å². The fraction of sp³-hybridized carbons (Fsp3) is 0.0714. The average Bonchev–Trinajstić information content (AvgIpc) is 2.87.